The Kier molecular flexibility index (Phi) is 3.73. The molecule has 0 bridgehead atoms. The van der Waals surface area contributed by atoms with E-state index in [2.05, 4.69) is 11.1 Å². The molecule has 2 nitrogen and oxygen atoms in total. The van der Waals surface area contributed by atoms with Gasteiger partial charge in [0.15, 0.2) is 0 Å². The fourth-order valence-electron chi connectivity index (χ4n) is 1.61. The van der Waals surface area contributed by atoms with Crippen LogP contribution < -0.4 is 0 Å². The fraction of sp³-hybridized carbons (Fsp3) is 0.0833. The van der Waals surface area contributed by atoms with Gasteiger partial charge in [0.25, 0.3) is 0 Å². The number of nitriles is 1. The van der Waals surface area contributed by atoms with Gasteiger partial charge >= 0.3 is 0 Å². The summed E-state index contributed by atoms with van der Waals surface area (Å²) in [6.07, 6.45) is 3.86. The lowest BCUT2D eigenvalue weighted by Gasteiger charge is -2.16. The minimum absolute atomic E-state index is 0.260. The van der Waals surface area contributed by atoms with Gasteiger partial charge < -0.3 is 0 Å². The summed E-state index contributed by atoms with van der Waals surface area (Å²) in [5.74, 6) is 0. The topological polar surface area (TPSA) is 36.7 Å². The van der Waals surface area contributed by atoms with Crippen molar-refractivity contribution in [1.29, 1.82) is 5.26 Å². The van der Waals surface area contributed by atoms with Crippen molar-refractivity contribution in [3.05, 3.63) is 51.1 Å². The molecular formula is C12H6Cl3N2. The van der Waals surface area contributed by atoms with Crippen LogP contribution in [0.25, 0.3) is 5.57 Å². The number of nitrogens with zero attached hydrogens (tertiary/aromatic N) is 2. The quantitative estimate of drug-likeness (QED) is 0.721. The first-order valence-electron chi connectivity index (χ1n) is 4.78. The molecule has 1 aromatic heterocycles. The molecule has 0 fully saturated rings. The molecule has 0 aliphatic heterocycles. The second kappa shape index (κ2) is 5.10. The van der Waals surface area contributed by atoms with E-state index in [1.165, 1.54) is 0 Å². The van der Waals surface area contributed by atoms with Crippen LogP contribution in [0.4, 0.5) is 0 Å². The van der Waals surface area contributed by atoms with Crippen molar-refractivity contribution in [2.45, 2.75) is 6.42 Å². The lowest BCUT2D eigenvalue weighted by molar-refractivity contribution is 1.21. The summed E-state index contributed by atoms with van der Waals surface area (Å²) in [6.45, 7) is 0. The Hall–Kier alpha value is -1.01. The number of aromatic nitrogens is 1. The van der Waals surface area contributed by atoms with E-state index >= 15 is 0 Å². The zero-order valence-corrected chi connectivity index (χ0v) is 10.8. The minimum atomic E-state index is 0.260. The predicted molar refractivity (Wildman–Crippen MR) is 69.4 cm³/mol. The molecule has 17 heavy (non-hydrogen) atoms. The lowest BCUT2D eigenvalue weighted by Crippen LogP contribution is -2.01. The third-order valence-corrected chi connectivity index (χ3v) is 3.55. The van der Waals surface area contributed by atoms with Crippen LogP contribution in [0.3, 0.4) is 0 Å². The smallest absolute Gasteiger partial charge is 0.136 e. The second-order valence-corrected chi connectivity index (χ2v) is 4.52. The average Bonchev–Trinajstić information content (AvgIpc) is 2.33. The summed E-state index contributed by atoms with van der Waals surface area (Å²) in [5, 5.41) is 10.1. The predicted octanol–water partition coefficient (Wildman–Crippen LogP) is 4.31. The standard InChI is InChI=1S/C12H6Cl3N2/c13-10-4-3-7(9(6-16)11(10)14)8-2-1-5-17-12(8)15/h1-2,4-5H,3H2. The Morgan fingerprint density at radius 1 is 1.29 bits per heavy atom. The molecule has 1 aliphatic carbocycles. The van der Waals surface area contributed by atoms with E-state index in [0.29, 0.717) is 27.7 Å². The summed E-state index contributed by atoms with van der Waals surface area (Å²) in [4.78, 5) is 3.98. The van der Waals surface area contributed by atoms with Gasteiger partial charge in [-0.3, -0.25) is 0 Å². The molecule has 0 spiro atoms. The van der Waals surface area contributed by atoms with Crippen LogP contribution in [0.15, 0.2) is 34.0 Å². The van der Waals surface area contributed by atoms with Gasteiger partial charge in [-0.1, -0.05) is 40.9 Å². The van der Waals surface area contributed by atoms with E-state index in [-0.39, 0.29) is 5.03 Å². The van der Waals surface area contributed by atoms with Gasteiger partial charge in [0.2, 0.25) is 0 Å². The van der Waals surface area contributed by atoms with Crippen molar-refractivity contribution >= 4 is 40.4 Å². The first-order chi connectivity index (χ1) is 8.15. The van der Waals surface area contributed by atoms with E-state index in [9.17, 15) is 0 Å². The number of pyridine rings is 1. The maximum atomic E-state index is 9.14. The number of rotatable bonds is 1. The molecule has 0 amide bonds. The number of hydrogen-bond acceptors (Lipinski definition) is 2. The molecule has 0 aromatic carbocycles. The fourth-order valence-corrected chi connectivity index (χ4v) is 2.25. The number of allylic oxidation sites excluding steroid dienone is 4. The average molecular weight is 285 g/mol. The highest BCUT2D eigenvalue weighted by atomic mass is 35.5. The van der Waals surface area contributed by atoms with E-state index in [4.69, 9.17) is 40.1 Å². The molecular weight excluding hydrogens is 279 g/mol. The van der Waals surface area contributed by atoms with Crippen molar-refractivity contribution in [1.82, 2.24) is 4.98 Å². The van der Waals surface area contributed by atoms with E-state index in [1.54, 1.807) is 24.8 Å². The highest BCUT2D eigenvalue weighted by molar-refractivity contribution is 6.42. The molecule has 0 saturated carbocycles. The van der Waals surface area contributed by atoms with Crippen molar-refractivity contribution in [3.8, 4) is 6.07 Å². The molecule has 5 heteroatoms. The molecule has 0 N–H and O–H groups in total. The number of hydrogen-bond donors (Lipinski definition) is 0. The van der Waals surface area contributed by atoms with Crippen LogP contribution in [0, 0.1) is 17.8 Å². The summed E-state index contributed by atoms with van der Waals surface area (Å²) < 4.78 is 0. The minimum Gasteiger partial charge on any atom is -0.244 e. The maximum absolute atomic E-state index is 9.14. The first-order valence-corrected chi connectivity index (χ1v) is 5.91. The van der Waals surface area contributed by atoms with Gasteiger partial charge in [-0.15, -0.1) is 0 Å². The molecule has 0 atom stereocenters. The first kappa shape index (κ1) is 12.4. The molecule has 0 saturated heterocycles. The van der Waals surface area contributed by atoms with Gasteiger partial charge in [0.1, 0.15) is 11.2 Å². The molecule has 1 aliphatic rings. The largest absolute Gasteiger partial charge is 0.244 e. The monoisotopic (exact) mass is 283 g/mol. The molecule has 0 unspecified atom stereocenters. The van der Waals surface area contributed by atoms with E-state index < -0.39 is 0 Å². The van der Waals surface area contributed by atoms with Gasteiger partial charge in [-0.25, -0.2) is 4.98 Å². The molecule has 1 aromatic rings. The van der Waals surface area contributed by atoms with E-state index in [0.717, 1.165) is 5.57 Å². The van der Waals surface area contributed by atoms with Crippen molar-refractivity contribution in [2.24, 2.45) is 0 Å². The summed E-state index contributed by atoms with van der Waals surface area (Å²) in [6, 6.07) is 5.62. The second-order valence-electron chi connectivity index (χ2n) is 3.38. The van der Waals surface area contributed by atoms with Crippen LogP contribution in [-0.4, -0.2) is 4.98 Å². The summed E-state index contributed by atoms with van der Waals surface area (Å²) in [5.41, 5.74) is 1.82. The van der Waals surface area contributed by atoms with Crippen molar-refractivity contribution in [3.63, 3.8) is 0 Å². The third-order valence-electron chi connectivity index (χ3n) is 2.41. The summed E-state index contributed by atoms with van der Waals surface area (Å²) in [7, 11) is 0. The van der Waals surface area contributed by atoms with Gasteiger partial charge in [-0.05, 0) is 18.1 Å². The zero-order valence-electron chi connectivity index (χ0n) is 8.54. The van der Waals surface area contributed by atoms with Crippen molar-refractivity contribution in [2.75, 3.05) is 0 Å². The van der Waals surface area contributed by atoms with Crippen LogP contribution in [0.2, 0.25) is 5.15 Å². The molecule has 1 heterocycles. The Morgan fingerprint density at radius 2 is 2.06 bits per heavy atom. The van der Waals surface area contributed by atoms with Crippen LogP contribution in [0.1, 0.15) is 12.0 Å². The Labute approximate surface area is 114 Å². The number of halogens is 3. The lowest BCUT2D eigenvalue weighted by atomic mass is 9.93. The van der Waals surface area contributed by atoms with Gasteiger partial charge in [0.05, 0.1) is 10.6 Å². The summed E-state index contributed by atoms with van der Waals surface area (Å²) >= 11 is 17.9. The van der Waals surface area contributed by atoms with Crippen molar-refractivity contribution < 1.29 is 0 Å². The highest BCUT2D eigenvalue weighted by Crippen LogP contribution is 2.39. The Morgan fingerprint density at radius 3 is 2.71 bits per heavy atom. The van der Waals surface area contributed by atoms with Gasteiger partial charge in [0, 0.05) is 23.2 Å². The SMILES string of the molecule is N#CC1=C(c2cccnc2Cl)C[CH]C(Cl)=C1Cl. The van der Waals surface area contributed by atoms with Gasteiger partial charge in [-0.2, -0.15) is 5.26 Å². The maximum Gasteiger partial charge on any atom is 0.136 e. The third kappa shape index (κ3) is 2.32. The highest BCUT2D eigenvalue weighted by Gasteiger charge is 2.22. The van der Waals surface area contributed by atoms with Crippen LogP contribution in [-0.2, 0) is 0 Å². The zero-order chi connectivity index (χ0) is 12.4. The van der Waals surface area contributed by atoms with Crippen LogP contribution in [0.5, 0.6) is 0 Å². The van der Waals surface area contributed by atoms with E-state index in [1.807, 2.05) is 0 Å². The molecule has 85 valence electrons. The van der Waals surface area contributed by atoms with Crippen LogP contribution >= 0.6 is 34.8 Å². The molecule has 2 rings (SSSR count). The Balaban J connectivity index is 2.63. The Bertz CT molecular complexity index is 567. The normalized spacial score (nSPS) is 16.1. The molecule has 1 radical (unpaired) electrons.